The molecule has 0 saturated carbocycles. The number of thiazole rings is 1. The molecule has 0 aliphatic heterocycles. The summed E-state index contributed by atoms with van der Waals surface area (Å²) >= 11 is 1.57. The Labute approximate surface area is 137 Å². The molecule has 3 aromatic heterocycles. The Kier molecular flexibility index (Phi) is 3.40. The predicted molar refractivity (Wildman–Crippen MR) is 90.7 cm³/mol. The van der Waals surface area contributed by atoms with Gasteiger partial charge in [-0.25, -0.2) is 4.98 Å². The number of fused-ring (bicyclic) bond motifs is 1. The second-order valence-corrected chi connectivity index (χ2v) is 5.86. The van der Waals surface area contributed by atoms with E-state index in [1.165, 1.54) is 0 Å². The third-order valence-electron chi connectivity index (χ3n) is 3.79. The molecule has 0 bridgehead atoms. The molecule has 6 heteroatoms. The Bertz CT molecular complexity index is 954. The van der Waals surface area contributed by atoms with Crippen molar-refractivity contribution in [3.05, 3.63) is 53.7 Å². The fourth-order valence-corrected chi connectivity index (χ4v) is 3.65. The molecule has 0 radical (unpaired) electrons. The first-order chi connectivity index (χ1) is 11.3. The van der Waals surface area contributed by atoms with Gasteiger partial charge in [-0.05, 0) is 24.3 Å². The van der Waals surface area contributed by atoms with Gasteiger partial charge >= 0.3 is 0 Å². The molecule has 4 aromatic rings. The molecule has 116 valence electrons. The van der Waals surface area contributed by atoms with Crippen LogP contribution in [0.15, 0.2) is 52.5 Å². The molecule has 4 rings (SSSR count). The van der Waals surface area contributed by atoms with Crippen molar-refractivity contribution in [1.82, 2.24) is 9.38 Å². The maximum absolute atomic E-state index is 6.04. The van der Waals surface area contributed by atoms with Crippen LogP contribution >= 0.6 is 11.3 Å². The van der Waals surface area contributed by atoms with Gasteiger partial charge in [0.25, 0.3) is 0 Å². The number of furan rings is 1. The highest BCUT2D eigenvalue weighted by Crippen LogP contribution is 2.36. The lowest BCUT2D eigenvalue weighted by Gasteiger charge is -2.08. The van der Waals surface area contributed by atoms with Gasteiger partial charge in [-0.3, -0.25) is 4.40 Å². The summed E-state index contributed by atoms with van der Waals surface area (Å²) < 4.78 is 13.1. The van der Waals surface area contributed by atoms with E-state index in [-0.39, 0.29) is 0 Å². The van der Waals surface area contributed by atoms with Crippen LogP contribution in [0, 0.1) is 0 Å². The normalized spacial score (nSPS) is 11.2. The molecular formula is C17H15N3O2S. The highest BCUT2D eigenvalue weighted by Gasteiger charge is 2.20. The zero-order chi connectivity index (χ0) is 15.8. The van der Waals surface area contributed by atoms with Crippen molar-refractivity contribution in [2.75, 3.05) is 7.11 Å². The van der Waals surface area contributed by atoms with Crippen LogP contribution in [0.2, 0.25) is 0 Å². The summed E-state index contributed by atoms with van der Waals surface area (Å²) in [6.07, 6.45) is 1.67. The summed E-state index contributed by atoms with van der Waals surface area (Å²) in [6, 6.07) is 11.6. The van der Waals surface area contributed by atoms with Gasteiger partial charge in [0, 0.05) is 17.5 Å². The number of benzene rings is 1. The van der Waals surface area contributed by atoms with Crippen molar-refractivity contribution >= 4 is 16.3 Å². The summed E-state index contributed by atoms with van der Waals surface area (Å²) in [5.41, 5.74) is 9.74. The Balaban J connectivity index is 1.99. The van der Waals surface area contributed by atoms with E-state index in [0.717, 1.165) is 39.1 Å². The predicted octanol–water partition coefficient (Wildman–Crippen LogP) is 3.79. The minimum absolute atomic E-state index is 0.374. The maximum Gasteiger partial charge on any atom is 0.195 e. The van der Waals surface area contributed by atoms with Gasteiger partial charge in [-0.15, -0.1) is 11.3 Å². The van der Waals surface area contributed by atoms with Gasteiger partial charge in [0.1, 0.15) is 11.4 Å². The van der Waals surface area contributed by atoms with Crippen LogP contribution in [0.25, 0.3) is 27.7 Å². The molecule has 0 amide bonds. The first kappa shape index (κ1) is 14.0. The largest absolute Gasteiger partial charge is 0.496 e. The lowest BCUT2D eigenvalue weighted by Crippen LogP contribution is -2.03. The van der Waals surface area contributed by atoms with Crippen molar-refractivity contribution in [2.24, 2.45) is 5.73 Å². The zero-order valence-corrected chi connectivity index (χ0v) is 13.3. The summed E-state index contributed by atoms with van der Waals surface area (Å²) in [7, 11) is 1.66. The topological polar surface area (TPSA) is 65.7 Å². The second-order valence-electron chi connectivity index (χ2n) is 5.03. The molecule has 0 aliphatic rings. The van der Waals surface area contributed by atoms with E-state index < -0.39 is 0 Å². The number of ether oxygens (including phenoxy) is 1. The number of hydrogen-bond acceptors (Lipinski definition) is 5. The third kappa shape index (κ3) is 2.15. The third-order valence-corrected chi connectivity index (χ3v) is 4.61. The molecular weight excluding hydrogens is 310 g/mol. The zero-order valence-electron chi connectivity index (χ0n) is 12.5. The van der Waals surface area contributed by atoms with E-state index in [1.807, 2.05) is 41.8 Å². The summed E-state index contributed by atoms with van der Waals surface area (Å²) in [6.45, 7) is 0.374. The summed E-state index contributed by atoms with van der Waals surface area (Å²) in [4.78, 5) is 5.66. The Morgan fingerprint density at radius 3 is 2.87 bits per heavy atom. The van der Waals surface area contributed by atoms with Gasteiger partial charge in [-0.2, -0.15) is 0 Å². The van der Waals surface area contributed by atoms with Crippen molar-refractivity contribution in [1.29, 1.82) is 0 Å². The van der Waals surface area contributed by atoms with E-state index in [2.05, 4.69) is 4.40 Å². The van der Waals surface area contributed by atoms with E-state index in [9.17, 15) is 0 Å². The average Bonchev–Trinajstić information content (AvgIpc) is 3.30. The van der Waals surface area contributed by atoms with Gasteiger partial charge in [0.2, 0.25) is 0 Å². The van der Waals surface area contributed by atoms with E-state index in [4.69, 9.17) is 19.9 Å². The van der Waals surface area contributed by atoms with Gasteiger partial charge in [0.05, 0.1) is 24.8 Å². The first-order valence-corrected chi connectivity index (χ1v) is 8.07. The van der Waals surface area contributed by atoms with Crippen LogP contribution in [0.3, 0.4) is 0 Å². The molecule has 0 atom stereocenters. The SMILES string of the molecule is COc1ccccc1-c1nc2scc(-c3ccco3)n2c1CN. The maximum atomic E-state index is 6.04. The van der Waals surface area contributed by atoms with Crippen LogP contribution in [0.4, 0.5) is 0 Å². The number of rotatable bonds is 4. The Hall–Kier alpha value is -2.57. The summed E-state index contributed by atoms with van der Waals surface area (Å²) in [5, 5.41) is 2.03. The molecule has 23 heavy (non-hydrogen) atoms. The quantitative estimate of drug-likeness (QED) is 0.620. The van der Waals surface area contributed by atoms with E-state index >= 15 is 0 Å². The number of imidazole rings is 1. The number of nitrogens with zero attached hydrogens (tertiary/aromatic N) is 2. The minimum Gasteiger partial charge on any atom is -0.496 e. The lowest BCUT2D eigenvalue weighted by atomic mass is 10.1. The van der Waals surface area contributed by atoms with Crippen LogP contribution < -0.4 is 10.5 Å². The van der Waals surface area contributed by atoms with E-state index in [1.54, 1.807) is 24.7 Å². The minimum atomic E-state index is 0.374. The number of nitrogens with two attached hydrogens (primary N) is 1. The molecule has 5 nitrogen and oxygen atoms in total. The fourth-order valence-electron chi connectivity index (χ4n) is 2.76. The highest BCUT2D eigenvalue weighted by atomic mass is 32.1. The molecule has 2 N–H and O–H groups in total. The number of hydrogen-bond donors (Lipinski definition) is 1. The molecule has 0 unspecified atom stereocenters. The van der Waals surface area contributed by atoms with Gasteiger partial charge < -0.3 is 14.9 Å². The molecule has 1 aromatic carbocycles. The second kappa shape index (κ2) is 5.57. The number of methoxy groups -OCH3 is 1. The fraction of sp³-hybridized carbons (Fsp3) is 0.118. The molecule has 3 heterocycles. The smallest absolute Gasteiger partial charge is 0.195 e. The number of para-hydroxylation sites is 1. The highest BCUT2D eigenvalue weighted by molar-refractivity contribution is 7.15. The molecule has 0 saturated heterocycles. The molecule has 0 fully saturated rings. The average molecular weight is 325 g/mol. The molecule has 0 aliphatic carbocycles. The molecule has 0 spiro atoms. The van der Waals surface area contributed by atoms with Gasteiger partial charge in [-0.1, -0.05) is 12.1 Å². The van der Waals surface area contributed by atoms with E-state index in [0.29, 0.717) is 6.54 Å². The lowest BCUT2D eigenvalue weighted by molar-refractivity contribution is 0.416. The summed E-state index contributed by atoms with van der Waals surface area (Å²) in [5.74, 6) is 1.59. The standard InChI is InChI=1S/C17H15N3O2S/c1-21-14-6-3-2-5-11(14)16-12(9-18)20-13(10-23-17(20)19-16)15-7-4-8-22-15/h2-8,10H,9,18H2,1H3. The van der Waals surface area contributed by atoms with Crippen molar-refractivity contribution in [3.63, 3.8) is 0 Å². The van der Waals surface area contributed by atoms with Crippen LogP contribution in [0.1, 0.15) is 5.69 Å². The van der Waals surface area contributed by atoms with Crippen LogP contribution in [-0.2, 0) is 6.54 Å². The van der Waals surface area contributed by atoms with Crippen LogP contribution in [0.5, 0.6) is 5.75 Å². The number of aromatic nitrogens is 2. The van der Waals surface area contributed by atoms with Crippen LogP contribution in [-0.4, -0.2) is 16.5 Å². The Morgan fingerprint density at radius 1 is 1.26 bits per heavy atom. The van der Waals surface area contributed by atoms with Crippen molar-refractivity contribution in [3.8, 4) is 28.5 Å². The van der Waals surface area contributed by atoms with Gasteiger partial charge in [0.15, 0.2) is 10.7 Å². The van der Waals surface area contributed by atoms with Crippen molar-refractivity contribution in [2.45, 2.75) is 6.54 Å². The Morgan fingerprint density at radius 2 is 2.13 bits per heavy atom. The monoisotopic (exact) mass is 325 g/mol. The van der Waals surface area contributed by atoms with Crippen molar-refractivity contribution < 1.29 is 9.15 Å². The first-order valence-electron chi connectivity index (χ1n) is 7.19.